The molecule has 8 heteroatoms. The summed E-state index contributed by atoms with van der Waals surface area (Å²) in [4.78, 5) is 13.2. The molecule has 0 aliphatic rings. The van der Waals surface area contributed by atoms with Gasteiger partial charge in [0.1, 0.15) is 4.90 Å². The van der Waals surface area contributed by atoms with E-state index in [0.717, 1.165) is 25.7 Å². The smallest absolute Gasteiger partial charge is 0.253 e. The Bertz CT molecular complexity index is 631. The van der Waals surface area contributed by atoms with Crippen molar-refractivity contribution >= 4 is 15.9 Å². The number of halogens is 1. The van der Waals surface area contributed by atoms with Gasteiger partial charge in [-0.1, -0.05) is 6.92 Å². The van der Waals surface area contributed by atoms with Crippen molar-refractivity contribution in [3.05, 3.63) is 23.5 Å². The van der Waals surface area contributed by atoms with Crippen molar-refractivity contribution in [2.24, 2.45) is 5.14 Å². The van der Waals surface area contributed by atoms with E-state index in [-0.39, 0.29) is 5.56 Å². The number of sulfonamides is 1. The first-order chi connectivity index (χ1) is 9.76. The maximum atomic E-state index is 13.9. The number of benzene rings is 1. The van der Waals surface area contributed by atoms with E-state index in [1.807, 2.05) is 6.92 Å². The minimum atomic E-state index is -4.20. The maximum absolute atomic E-state index is 13.9. The first-order valence-corrected chi connectivity index (χ1v) is 8.00. The summed E-state index contributed by atoms with van der Waals surface area (Å²) in [6, 6.07) is 1.99. The number of amides is 1. The van der Waals surface area contributed by atoms with E-state index < -0.39 is 32.4 Å². The van der Waals surface area contributed by atoms with Gasteiger partial charge in [-0.3, -0.25) is 4.79 Å². The first-order valence-electron chi connectivity index (χ1n) is 6.45. The SMILES string of the molecule is CCCN(CC)C(=O)c1cc(F)c(OC)c(S(N)(=O)=O)c1. The second kappa shape index (κ2) is 6.86. The van der Waals surface area contributed by atoms with Crippen LogP contribution in [0.15, 0.2) is 17.0 Å². The number of carbonyl (C=O) groups excluding carboxylic acids is 1. The summed E-state index contributed by atoms with van der Waals surface area (Å²) in [7, 11) is -3.08. The molecular weight excluding hydrogens is 299 g/mol. The summed E-state index contributed by atoms with van der Waals surface area (Å²) in [5.41, 5.74) is -0.0763. The highest BCUT2D eigenvalue weighted by Gasteiger charge is 2.24. The van der Waals surface area contributed by atoms with Gasteiger partial charge in [0.05, 0.1) is 7.11 Å². The van der Waals surface area contributed by atoms with Crippen LogP contribution in [0.4, 0.5) is 4.39 Å². The second-order valence-electron chi connectivity index (χ2n) is 4.42. The van der Waals surface area contributed by atoms with Crippen LogP contribution in [-0.2, 0) is 10.0 Å². The largest absolute Gasteiger partial charge is 0.492 e. The standard InChI is InChI=1S/C13H19FN2O4S/c1-4-6-16(5-2)13(17)9-7-10(14)12(20-3)11(8-9)21(15,18)19/h7-8H,4-6H2,1-3H3,(H2,15,18,19). The Labute approximate surface area is 123 Å². The van der Waals surface area contributed by atoms with E-state index >= 15 is 0 Å². The van der Waals surface area contributed by atoms with Crippen molar-refractivity contribution in [3.63, 3.8) is 0 Å². The summed E-state index contributed by atoms with van der Waals surface area (Å²) >= 11 is 0. The molecule has 2 N–H and O–H groups in total. The van der Waals surface area contributed by atoms with Gasteiger partial charge in [-0.25, -0.2) is 17.9 Å². The number of nitrogens with zero attached hydrogens (tertiary/aromatic N) is 1. The van der Waals surface area contributed by atoms with Gasteiger partial charge in [0.15, 0.2) is 11.6 Å². The lowest BCUT2D eigenvalue weighted by atomic mass is 10.1. The fourth-order valence-corrected chi connectivity index (χ4v) is 2.69. The van der Waals surface area contributed by atoms with Crippen LogP contribution < -0.4 is 9.88 Å². The molecule has 21 heavy (non-hydrogen) atoms. The average Bonchev–Trinajstić information content (AvgIpc) is 2.42. The third-order valence-corrected chi connectivity index (χ3v) is 3.85. The Balaban J connectivity index is 3.40. The molecule has 0 unspecified atom stereocenters. The average molecular weight is 318 g/mol. The molecule has 0 aromatic heterocycles. The van der Waals surface area contributed by atoms with Crippen molar-refractivity contribution in [2.75, 3.05) is 20.2 Å². The number of primary sulfonamides is 1. The molecule has 0 bridgehead atoms. The molecule has 0 aliphatic heterocycles. The normalized spacial score (nSPS) is 11.3. The van der Waals surface area contributed by atoms with Crippen LogP contribution in [0.3, 0.4) is 0 Å². The van der Waals surface area contributed by atoms with Crippen LogP contribution in [-0.4, -0.2) is 39.4 Å². The fourth-order valence-electron chi connectivity index (χ4n) is 1.96. The van der Waals surface area contributed by atoms with Gasteiger partial charge in [0.25, 0.3) is 5.91 Å². The molecule has 1 aromatic carbocycles. The van der Waals surface area contributed by atoms with Crippen molar-refractivity contribution in [2.45, 2.75) is 25.2 Å². The zero-order valence-electron chi connectivity index (χ0n) is 12.2. The van der Waals surface area contributed by atoms with Crippen molar-refractivity contribution in [3.8, 4) is 5.75 Å². The Morgan fingerprint density at radius 1 is 1.38 bits per heavy atom. The minimum Gasteiger partial charge on any atom is -0.492 e. The molecule has 118 valence electrons. The predicted molar refractivity (Wildman–Crippen MR) is 76.2 cm³/mol. The molecule has 6 nitrogen and oxygen atoms in total. The van der Waals surface area contributed by atoms with Gasteiger partial charge >= 0.3 is 0 Å². The highest BCUT2D eigenvalue weighted by atomic mass is 32.2. The van der Waals surface area contributed by atoms with Gasteiger partial charge in [-0.2, -0.15) is 0 Å². The van der Waals surface area contributed by atoms with E-state index in [2.05, 4.69) is 0 Å². The molecule has 0 saturated heterocycles. The Kier molecular flexibility index (Phi) is 5.68. The monoisotopic (exact) mass is 318 g/mol. The van der Waals surface area contributed by atoms with Crippen molar-refractivity contribution < 1.29 is 22.3 Å². The van der Waals surface area contributed by atoms with E-state index in [1.165, 1.54) is 4.90 Å². The Morgan fingerprint density at radius 3 is 2.43 bits per heavy atom. The van der Waals surface area contributed by atoms with Gasteiger partial charge in [0, 0.05) is 18.7 Å². The van der Waals surface area contributed by atoms with E-state index in [4.69, 9.17) is 9.88 Å². The highest BCUT2D eigenvalue weighted by Crippen LogP contribution is 2.28. The Hall–Kier alpha value is -1.67. The zero-order valence-corrected chi connectivity index (χ0v) is 13.0. The molecule has 0 atom stereocenters. The number of carbonyl (C=O) groups is 1. The summed E-state index contributed by atoms with van der Waals surface area (Å²) in [6.07, 6.45) is 0.736. The molecule has 0 aliphatic carbocycles. The third-order valence-electron chi connectivity index (χ3n) is 2.93. The molecule has 0 radical (unpaired) electrons. The fraction of sp³-hybridized carbons (Fsp3) is 0.462. The van der Waals surface area contributed by atoms with Crippen LogP contribution in [0.5, 0.6) is 5.75 Å². The zero-order chi connectivity index (χ0) is 16.2. The van der Waals surface area contributed by atoms with Gasteiger partial charge < -0.3 is 9.64 Å². The van der Waals surface area contributed by atoms with E-state index in [0.29, 0.717) is 13.1 Å². The maximum Gasteiger partial charge on any atom is 0.253 e. The number of rotatable bonds is 6. The van der Waals surface area contributed by atoms with Crippen LogP contribution in [0, 0.1) is 5.82 Å². The third kappa shape index (κ3) is 3.92. The van der Waals surface area contributed by atoms with Crippen LogP contribution in [0.2, 0.25) is 0 Å². The van der Waals surface area contributed by atoms with Crippen LogP contribution in [0.1, 0.15) is 30.6 Å². The molecule has 0 heterocycles. The number of hydrogen-bond acceptors (Lipinski definition) is 4. The molecule has 1 aromatic rings. The number of hydrogen-bond donors (Lipinski definition) is 1. The van der Waals surface area contributed by atoms with Crippen LogP contribution >= 0.6 is 0 Å². The lowest BCUT2D eigenvalue weighted by Gasteiger charge is -2.20. The topological polar surface area (TPSA) is 89.7 Å². The predicted octanol–water partition coefficient (Wildman–Crippen LogP) is 1.35. The number of methoxy groups -OCH3 is 1. The summed E-state index contributed by atoms with van der Waals surface area (Å²) in [5, 5.41) is 5.04. The second-order valence-corrected chi connectivity index (χ2v) is 5.95. The molecule has 0 spiro atoms. The van der Waals surface area contributed by atoms with Crippen LogP contribution in [0.25, 0.3) is 0 Å². The molecule has 0 saturated carbocycles. The summed E-state index contributed by atoms with van der Waals surface area (Å²) < 4.78 is 41.7. The van der Waals surface area contributed by atoms with Gasteiger partial charge in [0.2, 0.25) is 10.0 Å². The number of ether oxygens (including phenoxy) is 1. The highest BCUT2D eigenvalue weighted by molar-refractivity contribution is 7.89. The van der Waals surface area contributed by atoms with Gasteiger partial charge in [-0.15, -0.1) is 0 Å². The lowest BCUT2D eigenvalue weighted by Crippen LogP contribution is -2.31. The molecule has 1 rings (SSSR count). The van der Waals surface area contributed by atoms with Gasteiger partial charge in [-0.05, 0) is 25.5 Å². The van der Waals surface area contributed by atoms with E-state index in [9.17, 15) is 17.6 Å². The first kappa shape index (κ1) is 17.4. The molecule has 0 fully saturated rings. The summed E-state index contributed by atoms with van der Waals surface area (Å²) in [6.45, 7) is 4.62. The number of nitrogens with two attached hydrogens (primary N) is 1. The Morgan fingerprint density at radius 2 is 2.00 bits per heavy atom. The minimum absolute atomic E-state index is 0.0763. The molecular formula is C13H19FN2O4S. The van der Waals surface area contributed by atoms with Crippen molar-refractivity contribution in [1.82, 2.24) is 4.90 Å². The summed E-state index contributed by atoms with van der Waals surface area (Å²) in [5.74, 6) is -1.89. The van der Waals surface area contributed by atoms with E-state index in [1.54, 1.807) is 6.92 Å². The lowest BCUT2D eigenvalue weighted by molar-refractivity contribution is 0.0763. The molecule has 1 amide bonds. The van der Waals surface area contributed by atoms with Crippen molar-refractivity contribution in [1.29, 1.82) is 0 Å². The quantitative estimate of drug-likeness (QED) is 0.857.